The molecule has 3 rings (SSSR count). The number of benzene rings is 3. The summed E-state index contributed by atoms with van der Waals surface area (Å²) in [6.07, 6.45) is 0. The summed E-state index contributed by atoms with van der Waals surface area (Å²) in [5, 5.41) is 0. The molecule has 4 N–H and O–H groups in total. The SMILES string of the molecule is Cc1ccc(S(=O)(=O)N[C@H](C)C(=O)NNC(=O)c2ccc(NS(=O)(=O)c3ccc(Br)cc3)cc2)cc1. The molecule has 0 aliphatic heterocycles. The summed E-state index contributed by atoms with van der Waals surface area (Å²) in [5.74, 6) is -1.46. The van der Waals surface area contributed by atoms with Crippen molar-refractivity contribution in [3.63, 3.8) is 0 Å². The average molecular weight is 595 g/mol. The fraction of sp³-hybridized carbons (Fsp3) is 0.130. The van der Waals surface area contributed by atoms with Crippen LogP contribution in [0.25, 0.3) is 0 Å². The zero-order valence-corrected chi connectivity index (χ0v) is 22.4. The van der Waals surface area contributed by atoms with Gasteiger partial charge in [0.05, 0.1) is 15.8 Å². The first-order chi connectivity index (χ1) is 16.9. The first-order valence-electron chi connectivity index (χ1n) is 10.4. The van der Waals surface area contributed by atoms with Crippen LogP contribution in [0.3, 0.4) is 0 Å². The molecule has 1 atom stereocenters. The molecule has 0 saturated heterocycles. The lowest BCUT2D eigenvalue weighted by atomic mass is 10.2. The molecule has 0 saturated carbocycles. The van der Waals surface area contributed by atoms with E-state index in [0.29, 0.717) is 0 Å². The van der Waals surface area contributed by atoms with Gasteiger partial charge in [-0.05, 0) is 74.5 Å². The molecule has 36 heavy (non-hydrogen) atoms. The van der Waals surface area contributed by atoms with Crippen molar-refractivity contribution in [3.8, 4) is 0 Å². The van der Waals surface area contributed by atoms with Crippen LogP contribution in [0.15, 0.2) is 87.1 Å². The predicted molar refractivity (Wildman–Crippen MR) is 138 cm³/mol. The number of hydrogen-bond acceptors (Lipinski definition) is 6. The van der Waals surface area contributed by atoms with E-state index in [4.69, 9.17) is 0 Å². The largest absolute Gasteiger partial charge is 0.280 e. The third kappa shape index (κ3) is 7.13. The summed E-state index contributed by atoms with van der Waals surface area (Å²) in [6.45, 7) is 3.15. The normalized spacial score (nSPS) is 12.4. The summed E-state index contributed by atoms with van der Waals surface area (Å²) in [5.41, 5.74) is 5.61. The summed E-state index contributed by atoms with van der Waals surface area (Å²) < 4.78 is 55.2. The highest BCUT2D eigenvalue weighted by molar-refractivity contribution is 9.10. The van der Waals surface area contributed by atoms with E-state index in [2.05, 4.69) is 36.2 Å². The first-order valence-corrected chi connectivity index (χ1v) is 14.2. The second kappa shape index (κ2) is 11.2. The van der Waals surface area contributed by atoms with E-state index in [1.54, 1.807) is 24.3 Å². The maximum atomic E-state index is 12.5. The number of hydrazine groups is 1. The highest BCUT2D eigenvalue weighted by Gasteiger charge is 2.22. The Hall–Kier alpha value is -3.26. The highest BCUT2D eigenvalue weighted by Crippen LogP contribution is 2.19. The minimum absolute atomic E-state index is 0.00707. The van der Waals surface area contributed by atoms with Gasteiger partial charge in [0.1, 0.15) is 0 Å². The monoisotopic (exact) mass is 594 g/mol. The molecule has 0 fully saturated rings. The smallest absolute Gasteiger partial charge is 0.269 e. The molecule has 10 nitrogen and oxygen atoms in total. The van der Waals surface area contributed by atoms with Gasteiger partial charge >= 0.3 is 0 Å². The van der Waals surface area contributed by atoms with Crippen LogP contribution in [0.5, 0.6) is 0 Å². The number of amides is 2. The number of anilines is 1. The number of nitrogens with one attached hydrogen (secondary N) is 4. The van der Waals surface area contributed by atoms with Crippen LogP contribution in [0.2, 0.25) is 0 Å². The van der Waals surface area contributed by atoms with Gasteiger partial charge in [-0.1, -0.05) is 33.6 Å². The average Bonchev–Trinajstić information content (AvgIpc) is 2.82. The van der Waals surface area contributed by atoms with E-state index in [1.165, 1.54) is 55.5 Å². The second-order valence-corrected chi connectivity index (χ2v) is 12.0. The van der Waals surface area contributed by atoms with Gasteiger partial charge in [0.25, 0.3) is 21.8 Å². The van der Waals surface area contributed by atoms with Crippen molar-refractivity contribution in [2.45, 2.75) is 29.7 Å². The second-order valence-electron chi connectivity index (χ2n) is 7.74. The van der Waals surface area contributed by atoms with E-state index in [1.807, 2.05) is 6.92 Å². The molecule has 0 bridgehead atoms. The Bertz CT molecular complexity index is 1460. The highest BCUT2D eigenvalue weighted by atomic mass is 79.9. The fourth-order valence-corrected chi connectivity index (χ4v) is 5.41. The molecule has 0 aliphatic carbocycles. The number of carbonyl (C=O) groups is 2. The zero-order valence-electron chi connectivity index (χ0n) is 19.1. The van der Waals surface area contributed by atoms with E-state index in [9.17, 15) is 26.4 Å². The molecule has 13 heteroatoms. The summed E-state index contributed by atoms with van der Waals surface area (Å²) in [4.78, 5) is 24.7. The number of sulfonamides is 2. The van der Waals surface area contributed by atoms with Crippen molar-refractivity contribution in [1.29, 1.82) is 0 Å². The van der Waals surface area contributed by atoms with E-state index < -0.39 is 37.9 Å². The van der Waals surface area contributed by atoms with Gasteiger partial charge in [0.15, 0.2) is 0 Å². The Morgan fingerprint density at radius 1 is 0.750 bits per heavy atom. The molecule has 0 aliphatic rings. The van der Waals surface area contributed by atoms with Gasteiger partial charge in [-0.15, -0.1) is 0 Å². The molecule has 0 heterocycles. The Kier molecular flexibility index (Phi) is 8.51. The van der Waals surface area contributed by atoms with Gasteiger partial charge < -0.3 is 0 Å². The molecular formula is C23H23BrN4O6S2. The Morgan fingerprint density at radius 3 is 1.86 bits per heavy atom. The summed E-state index contributed by atoms with van der Waals surface area (Å²) in [6, 6.07) is 16.6. The van der Waals surface area contributed by atoms with Crippen molar-refractivity contribution in [2.24, 2.45) is 0 Å². The van der Waals surface area contributed by atoms with Gasteiger partial charge in [0.2, 0.25) is 10.0 Å². The molecule has 0 unspecified atom stereocenters. The van der Waals surface area contributed by atoms with Gasteiger partial charge in [-0.25, -0.2) is 16.8 Å². The lowest BCUT2D eigenvalue weighted by Crippen LogP contribution is -2.51. The maximum absolute atomic E-state index is 12.5. The molecule has 0 spiro atoms. The third-order valence-electron chi connectivity index (χ3n) is 4.88. The summed E-state index contributed by atoms with van der Waals surface area (Å²) >= 11 is 3.24. The third-order valence-corrected chi connectivity index (χ3v) is 8.36. The van der Waals surface area contributed by atoms with Crippen LogP contribution in [-0.4, -0.2) is 34.7 Å². The molecule has 3 aromatic carbocycles. The molecule has 0 radical (unpaired) electrons. The van der Waals surface area contributed by atoms with Crippen molar-refractivity contribution in [2.75, 3.05) is 4.72 Å². The van der Waals surface area contributed by atoms with E-state index in [-0.39, 0.29) is 21.0 Å². The number of rotatable bonds is 8. The molecular weight excluding hydrogens is 572 g/mol. The van der Waals surface area contributed by atoms with Crippen molar-refractivity contribution >= 4 is 53.5 Å². The minimum Gasteiger partial charge on any atom is -0.280 e. The quantitative estimate of drug-likeness (QED) is 0.294. The Balaban J connectivity index is 1.55. The maximum Gasteiger partial charge on any atom is 0.269 e. The first kappa shape index (κ1) is 27.3. The number of hydrogen-bond donors (Lipinski definition) is 4. The number of aryl methyl sites for hydroxylation is 1. The lowest BCUT2D eigenvalue weighted by Gasteiger charge is -2.15. The summed E-state index contributed by atoms with van der Waals surface area (Å²) in [7, 11) is -7.75. The number of carbonyl (C=O) groups excluding carboxylic acids is 2. The molecule has 3 aromatic rings. The van der Waals surface area contributed by atoms with Gasteiger partial charge in [0, 0.05) is 15.7 Å². The topological polar surface area (TPSA) is 151 Å². The van der Waals surface area contributed by atoms with Gasteiger partial charge in [-0.2, -0.15) is 4.72 Å². The fourth-order valence-electron chi connectivity index (χ4n) is 2.89. The van der Waals surface area contributed by atoms with Crippen LogP contribution in [0, 0.1) is 6.92 Å². The number of halogens is 1. The van der Waals surface area contributed by atoms with Crippen LogP contribution >= 0.6 is 15.9 Å². The van der Waals surface area contributed by atoms with E-state index in [0.717, 1.165) is 10.0 Å². The van der Waals surface area contributed by atoms with Crippen LogP contribution in [-0.2, 0) is 24.8 Å². The van der Waals surface area contributed by atoms with Crippen LogP contribution in [0.1, 0.15) is 22.8 Å². The molecule has 0 aromatic heterocycles. The van der Waals surface area contributed by atoms with Crippen LogP contribution in [0.4, 0.5) is 5.69 Å². The van der Waals surface area contributed by atoms with Crippen molar-refractivity contribution in [3.05, 3.63) is 88.4 Å². The van der Waals surface area contributed by atoms with Gasteiger partial charge in [-0.3, -0.25) is 25.2 Å². The molecule has 2 amide bonds. The predicted octanol–water partition coefficient (Wildman–Crippen LogP) is 2.69. The standard InChI is InChI=1S/C23H23BrN4O6S2/c1-15-3-11-20(12-4-15)35(31,32)27-16(2)22(29)25-26-23(30)17-5-9-19(10-6-17)28-36(33,34)21-13-7-18(24)8-14-21/h3-14,16,27-28H,1-2H3,(H,25,29)(H,26,30)/t16-/m1/s1. The Labute approximate surface area is 217 Å². The zero-order chi connectivity index (χ0) is 26.5. The van der Waals surface area contributed by atoms with Crippen molar-refractivity contribution < 1.29 is 26.4 Å². The minimum atomic E-state index is -3.94. The molecule has 190 valence electrons. The lowest BCUT2D eigenvalue weighted by molar-refractivity contribution is -0.123. The Morgan fingerprint density at radius 2 is 1.28 bits per heavy atom. The van der Waals surface area contributed by atoms with E-state index >= 15 is 0 Å². The van der Waals surface area contributed by atoms with Crippen molar-refractivity contribution in [1.82, 2.24) is 15.6 Å². The van der Waals surface area contributed by atoms with Crippen LogP contribution < -0.4 is 20.3 Å².